The number of non-ortho nitro benzene ring substituents is 1. The third-order valence-electron chi connectivity index (χ3n) is 5.34. The van der Waals surface area contributed by atoms with Gasteiger partial charge in [0.1, 0.15) is 0 Å². The Kier molecular flexibility index (Phi) is 8.43. The minimum absolute atomic E-state index is 0.115. The molecule has 0 aliphatic rings. The Labute approximate surface area is 230 Å². The van der Waals surface area contributed by atoms with Gasteiger partial charge in [0.2, 0.25) is 0 Å². The predicted molar refractivity (Wildman–Crippen MR) is 122 cm³/mol. The second-order valence-corrected chi connectivity index (χ2v) is 8.52. The number of amides is 2. The molecule has 0 aromatic heterocycles. The number of anilines is 2. The molecule has 0 fully saturated rings. The van der Waals surface area contributed by atoms with Gasteiger partial charge in [0.15, 0.2) is 0 Å². The van der Waals surface area contributed by atoms with E-state index in [1.54, 1.807) is 10.6 Å². The van der Waals surface area contributed by atoms with Crippen LogP contribution in [0.3, 0.4) is 0 Å². The summed E-state index contributed by atoms with van der Waals surface area (Å²) >= 11 is 0. The molecule has 2 N–H and O–H groups in total. The van der Waals surface area contributed by atoms with Crippen molar-refractivity contribution >= 4 is 28.9 Å². The third-order valence-corrected chi connectivity index (χ3v) is 5.34. The van der Waals surface area contributed by atoms with Gasteiger partial charge in [-0.05, 0) is 42.5 Å². The monoisotopic (exact) mass is 633 g/mol. The van der Waals surface area contributed by atoms with Crippen molar-refractivity contribution in [2.45, 2.75) is 24.7 Å². The van der Waals surface area contributed by atoms with E-state index in [0.717, 1.165) is 0 Å². The molecule has 0 bridgehead atoms. The third kappa shape index (κ3) is 8.13. The molecule has 230 valence electrons. The zero-order valence-corrected chi connectivity index (χ0v) is 20.3. The van der Waals surface area contributed by atoms with E-state index in [1.807, 2.05) is 0 Å². The van der Waals surface area contributed by atoms with Crippen molar-refractivity contribution in [3.63, 3.8) is 0 Å². The van der Waals surface area contributed by atoms with Crippen LogP contribution in [0.1, 0.15) is 43.0 Å². The molecular weight excluding hydrogens is 622 g/mol. The number of nitrogens with zero attached hydrogens (tertiary/aromatic N) is 1. The highest BCUT2D eigenvalue weighted by molar-refractivity contribution is 6.09. The maximum absolute atomic E-state index is 13.1. The number of carbonyl (C=O) groups excluding carboxylic acids is 2. The smallest absolute Gasteiger partial charge is 0.322 e. The maximum Gasteiger partial charge on any atom is 0.416 e. The first-order valence-electron chi connectivity index (χ1n) is 11.0. The van der Waals surface area contributed by atoms with Gasteiger partial charge in [0, 0.05) is 34.6 Å². The van der Waals surface area contributed by atoms with Gasteiger partial charge in [0.05, 0.1) is 27.2 Å². The van der Waals surface area contributed by atoms with Gasteiger partial charge >= 0.3 is 24.7 Å². The SMILES string of the molecule is O=C(Nc1cc(C(F)(F)F)cc(C(F)(F)F)c1)c1cc(C(=O)Nc2cc(C(F)(F)F)cc(C(F)(F)F)c2)cc([N+](=O)[O-])c1. The first kappa shape index (κ1) is 32.7. The van der Waals surface area contributed by atoms with Crippen molar-refractivity contribution in [3.8, 4) is 0 Å². The first-order chi connectivity index (χ1) is 19.4. The van der Waals surface area contributed by atoms with Crippen molar-refractivity contribution in [1.82, 2.24) is 0 Å². The summed E-state index contributed by atoms with van der Waals surface area (Å²) in [6.07, 6.45) is -21.2. The molecule has 0 heterocycles. The van der Waals surface area contributed by atoms with E-state index in [1.165, 1.54) is 0 Å². The van der Waals surface area contributed by atoms with E-state index in [0.29, 0.717) is 18.2 Å². The molecule has 3 aromatic carbocycles. The average molecular weight is 633 g/mol. The second kappa shape index (κ2) is 11.1. The Morgan fingerprint density at radius 1 is 0.512 bits per heavy atom. The molecule has 0 atom stereocenters. The molecule has 3 rings (SSSR count). The summed E-state index contributed by atoms with van der Waals surface area (Å²) in [5.41, 5.74) is -12.3. The van der Waals surface area contributed by atoms with Crippen LogP contribution in [0.25, 0.3) is 0 Å². The quantitative estimate of drug-likeness (QED) is 0.168. The second-order valence-electron chi connectivity index (χ2n) is 8.52. The van der Waals surface area contributed by atoms with Crippen molar-refractivity contribution < 1.29 is 67.2 Å². The zero-order valence-electron chi connectivity index (χ0n) is 20.3. The summed E-state index contributed by atoms with van der Waals surface area (Å²) < 4.78 is 157. The summed E-state index contributed by atoms with van der Waals surface area (Å²) in [4.78, 5) is 35.5. The highest BCUT2D eigenvalue weighted by Gasteiger charge is 2.38. The molecule has 0 radical (unpaired) electrons. The summed E-state index contributed by atoms with van der Waals surface area (Å²) in [6.45, 7) is 0. The average Bonchev–Trinajstić information content (AvgIpc) is 2.86. The van der Waals surface area contributed by atoms with Crippen LogP contribution in [-0.4, -0.2) is 16.7 Å². The van der Waals surface area contributed by atoms with Gasteiger partial charge in [-0.1, -0.05) is 0 Å². The first-order valence-corrected chi connectivity index (χ1v) is 11.0. The van der Waals surface area contributed by atoms with Crippen molar-refractivity contribution in [2.75, 3.05) is 10.6 Å². The number of carbonyl (C=O) groups is 2. The predicted octanol–water partition coefficient (Wildman–Crippen LogP) is 8.17. The molecule has 0 unspecified atom stereocenters. The van der Waals surface area contributed by atoms with E-state index in [-0.39, 0.29) is 36.4 Å². The molecule has 3 aromatic rings. The summed E-state index contributed by atoms with van der Waals surface area (Å²) in [7, 11) is 0. The largest absolute Gasteiger partial charge is 0.416 e. The molecule has 2 amide bonds. The van der Waals surface area contributed by atoms with Gasteiger partial charge < -0.3 is 10.6 Å². The van der Waals surface area contributed by atoms with Crippen molar-refractivity contribution in [1.29, 1.82) is 0 Å². The maximum atomic E-state index is 13.1. The standard InChI is InChI=1S/C24H11F12N3O4/c25-21(26,27)12-4-13(22(28,29)30)7-16(6-12)37-19(40)10-1-11(3-18(2-10)39(42)43)20(41)38-17-8-14(23(31,32)33)5-15(9-17)24(34,35)36/h1-9H,(H,37,40)(H,38,41). The number of halogens is 12. The lowest BCUT2D eigenvalue weighted by Gasteiger charge is -2.15. The highest BCUT2D eigenvalue weighted by atomic mass is 19.4. The molecule has 7 nitrogen and oxygen atoms in total. The summed E-state index contributed by atoms with van der Waals surface area (Å²) in [5.74, 6) is -3.13. The number of rotatable bonds is 5. The lowest BCUT2D eigenvalue weighted by Crippen LogP contribution is -2.18. The summed E-state index contributed by atoms with van der Waals surface area (Å²) in [6, 6.07) is 1.38. The van der Waals surface area contributed by atoms with Crippen LogP contribution >= 0.6 is 0 Å². The molecule has 43 heavy (non-hydrogen) atoms. The Hall–Kier alpha value is -4.84. The number of alkyl halides is 12. The molecule has 19 heteroatoms. The van der Waals surface area contributed by atoms with Gasteiger partial charge in [-0.3, -0.25) is 19.7 Å². The van der Waals surface area contributed by atoms with Crippen molar-refractivity contribution in [2.24, 2.45) is 0 Å². The van der Waals surface area contributed by atoms with Crippen LogP contribution in [0.4, 0.5) is 69.7 Å². The van der Waals surface area contributed by atoms with Crippen LogP contribution in [0.2, 0.25) is 0 Å². The normalized spacial score (nSPS) is 12.6. The lowest BCUT2D eigenvalue weighted by atomic mass is 10.1. The number of nitrogens with one attached hydrogen (secondary N) is 2. The van der Waals surface area contributed by atoms with Crippen LogP contribution in [0.5, 0.6) is 0 Å². The van der Waals surface area contributed by atoms with E-state index in [4.69, 9.17) is 0 Å². The molecule has 0 aliphatic carbocycles. The molecule has 0 spiro atoms. The van der Waals surface area contributed by atoms with Crippen LogP contribution < -0.4 is 10.6 Å². The number of benzene rings is 3. The van der Waals surface area contributed by atoms with Gasteiger partial charge in [-0.2, -0.15) is 52.7 Å². The summed E-state index contributed by atoms with van der Waals surface area (Å²) in [5, 5.41) is 14.7. The lowest BCUT2D eigenvalue weighted by molar-refractivity contribution is -0.384. The van der Waals surface area contributed by atoms with Crippen LogP contribution in [-0.2, 0) is 24.7 Å². The Balaban J connectivity index is 2.02. The fraction of sp³-hybridized carbons (Fsp3) is 0.167. The molecule has 0 aliphatic heterocycles. The highest BCUT2D eigenvalue weighted by Crippen LogP contribution is 2.39. The zero-order chi connectivity index (χ0) is 32.7. The van der Waals surface area contributed by atoms with E-state index in [2.05, 4.69) is 0 Å². The fourth-order valence-electron chi connectivity index (χ4n) is 3.44. The van der Waals surface area contributed by atoms with E-state index < -0.39 is 91.9 Å². The Morgan fingerprint density at radius 3 is 1.02 bits per heavy atom. The number of hydrogen-bond donors (Lipinski definition) is 2. The molecular formula is C24H11F12N3O4. The fourth-order valence-corrected chi connectivity index (χ4v) is 3.44. The van der Waals surface area contributed by atoms with Gasteiger partial charge in [0.25, 0.3) is 17.5 Å². The molecule has 0 saturated carbocycles. The van der Waals surface area contributed by atoms with Crippen LogP contribution in [0.15, 0.2) is 54.6 Å². The number of hydrogen-bond acceptors (Lipinski definition) is 4. The minimum atomic E-state index is -5.30. The Morgan fingerprint density at radius 2 is 0.791 bits per heavy atom. The minimum Gasteiger partial charge on any atom is -0.322 e. The number of nitro groups is 1. The molecule has 0 saturated heterocycles. The van der Waals surface area contributed by atoms with Gasteiger partial charge in [-0.15, -0.1) is 0 Å². The topological polar surface area (TPSA) is 101 Å². The van der Waals surface area contributed by atoms with E-state index >= 15 is 0 Å². The van der Waals surface area contributed by atoms with Crippen LogP contribution in [0, 0.1) is 10.1 Å². The van der Waals surface area contributed by atoms with E-state index in [9.17, 15) is 72.4 Å². The van der Waals surface area contributed by atoms with Crippen molar-refractivity contribution in [3.05, 3.63) is 98.1 Å². The van der Waals surface area contributed by atoms with Gasteiger partial charge in [-0.25, -0.2) is 0 Å². The number of nitro benzene ring substituents is 1. The Bertz CT molecular complexity index is 1420.